The van der Waals surface area contributed by atoms with Gasteiger partial charge in [0.05, 0.1) is 19.8 Å². The summed E-state index contributed by atoms with van der Waals surface area (Å²) in [5.74, 6) is 1.85. The summed E-state index contributed by atoms with van der Waals surface area (Å²) in [4.78, 5) is 14.4. The molecule has 0 spiro atoms. The van der Waals surface area contributed by atoms with E-state index < -0.39 is 11.7 Å². The Balaban J connectivity index is 1.79. The highest BCUT2D eigenvalue weighted by atomic mass is 32.2. The first-order valence-corrected chi connectivity index (χ1v) is 9.47. The number of thioether (sulfide) groups is 1. The summed E-state index contributed by atoms with van der Waals surface area (Å²) in [6.45, 7) is 0.502. The Bertz CT molecular complexity index is 843. The number of benzene rings is 2. The zero-order chi connectivity index (χ0) is 20.3. The van der Waals surface area contributed by atoms with Gasteiger partial charge in [0.15, 0.2) is 11.5 Å². The normalized spacial score (nSPS) is 16.8. The molecule has 150 valence electrons. The van der Waals surface area contributed by atoms with Crippen LogP contribution in [0.25, 0.3) is 0 Å². The van der Waals surface area contributed by atoms with Crippen molar-refractivity contribution < 1.29 is 27.4 Å². The Morgan fingerprint density at radius 2 is 1.86 bits per heavy atom. The van der Waals surface area contributed by atoms with Crippen LogP contribution in [0.5, 0.6) is 11.5 Å². The van der Waals surface area contributed by atoms with Crippen LogP contribution in [0, 0.1) is 0 Å². The molecule has 3 rings (SSSR count). The number of methoxy groups -OCH3 is 2. The van der Waals surface area contributed by atoms with Gasteiger partial charge < -0.3 is 19.7 Å². The quantitative estimate of drug-likeness (QED) is 0.768. The molecule has 1 fully saturated rings. The summed E-state index contributed by atoms with van der Waals surface area (Å²) in [5.41, 5.74) is 0.333. The number of anilines is 1. The van der Waals surface area contributed by atoms with Gasteiger partial charge in [0, 0.05) is 23.5 Å². The van der Waals surface area contributed by atoms with E-state index in [1.165, 1.54) is 19.2 Å². The van der Waals surface area contributed by atoms with Crippen molar-refractivity contribution in [2.45, 2.75) is 11.6 Å². The zero-order valence-corrected chi connectivity index (χ0v) is 16.1. The third-order valence-corrected chi connectivity index (χ3v) is 5.56. The second-order valence-corrected chi connectivity index (χ2v) is 7.19. The van der Waals surface area contributed by atoms with Crippen molar-refractivity contribution in [1.29, 1.82) is 0 Å². The van der Waals surface area contributed by atoms with Crippen LogP contribution < -0.4 is 14.8 Å². The molecule has 1 atom stereocenters. The zero-order valence-electron chi connectivity index (χ0n) is 15.2. The maximum Gasteiger partial charge on any atom is 0.416 e. The number of nitrogens with zero attached hydrogens (tertiary/aromatic N) is 1. The minimum absolute atomic E-state index is 0.292. The molecular formula is C19H19F3N2O3S. The van der Waals surface area contributed by atoms with Crippen LogP contribution in [0.1, 0.15) is 16.5 Å². The lowest BCUT2D eigenvalue weighted by Crippen LogP contribution is -2.34. The molecule has 0 bridgehead atoms. The van der Waals surface area contributed by atoms with E-state index in [0.717, 1.165) is 23.4 Å². The molecule has 0 aliphatic carbocycles. The molecule has 1 heterocycles. The van der Waals surface area contributed by atoms with Crippen LogP contribution in [-0.2, 0) is 6.18 Å². The summed E-state index contributed by atoms with van der Waals surface area (Å²) in [6, 6.07) is 9.43. The van der Waals surface area contributed by atoms with Gasteiger partial charge in [-0.15, -0.1) is 11.8 Å². The van der Waals surface area contributed by atoms with Crippen molar-refractivity contribution in [3.05, 3.63) is 53.6 Å². The number of para-hydroxylation sites is 1. The molecule has 0 aromatic heterocycles. The standard InChI is InChI=1S/C19H19F3N2O3S/c1-26-15-5-3-4-14(16(15)27-2)17-24(10-11-28-17)18(25)23-13-8-6-12(7-9-13)19(20,21)22/h3-9,17H,10-11H2,1-2H3,(H,23,25). The number of hydrogen-bond donors (Lipinski definition) is 1. The smallest absolute Gasteiger partial charge is 0.416 e. The van der Waals surface area contributed by atoms with Crippen molar-refractivity contribution in [2.24, 2.45) is 0 Å². The van der Waals surface area contributed by atoms with Gasteiger partial charge in [-0.05, 0) is 30.3 Å². The lowest BCUT2D eigenvalue weighted by molar-refractivity contribution is -0.137. The van der Waals surface area contributed by atoms with E-state index in [1.807, 2.05) is 12.1 Å². The van der Waals surface area contributed by atoms with E-state index in [2.05, 4.69) is 5.32 Å². The number of urea groups is 1. The van der Waals surface area contributed by atoms with Crippen molar-refractivity contribution in [3.63, 3.8) is 0 Å². The lowest BCUT2D eigenvalue weighted by atomic mass is 10.1. The highest BCUT2D eigenvalue weighted by Gasteiger charge is 2.34. The number of halogens is 3. The molecule has 0 saturated carbocycles. The molecule has 1 unspecified atom stereocenters. The molecule has 2 aromatic carbocycles. The SMILES string of the molecule is COc1cccc(C2SCCN2C(=O)Nc2ccc(C(F)(F)F)cc2)c1OC. The van der Waals surface area contributed by atoms with E-state index in [9.17, 15) is 18.0 Å². The van der Waals surface area contributed by atoms with Gasteiger partial charge in [-0.3, -0.25) is 0 Å². The Kier molecular flexibility index (Phi) is 5.93. The third kappa shape index (κ3) is 4.14. The first-order chi connectivity index (χ1) is 13.3. The average molecular weight is 412 g/mol. The van der Waals surface area contributed by atoms with Gasteiger partial charge in [-0.25, -0.2) is 4.79 Å². The van der Waals surface area contributed by atoms with Crippen molar-refractivity contribution in [3.8, 4) is 11.5 Å². The fourth-order valence-electron chi connectivity index (χ4n) is 2.98. The number of amides is 2. The molecule has 2 aromatic rings. The van der Waals surface area contributed by atoms with Crippen LogP contribution >= 0.6 is 11.8 Å². The molecule has 1 aliphatic rings. The average Bonchev–Trinajstić information content (AvgIpc) is 3.16. The van der Waals surface area contributed by atoms with Crippen molar-refractivity contribution in [2.75, 3.05) is 31.8 Å². The Hall–Kier alpha value is -2.55. The number of hydrogen-bond acceptors (Lipinski definition) is 4. The predicted octanol–water partition coefficient (Wildman–Crippen LogP) is 5.00. The first-order valence-electron chi connectivity index (χ1n) is 8.42. The van der Waals surface area contributed by atoms with Gasteiger partial charge in [0.25, 0.3) is 0 Å². The van der Waals surface area contributed by atoms with Gasteiger partial charge in [0.1, 0.15) is 5.37 Å². The molecule has 0 radical (unpaired) electrons. The first kappa shape index (κ1) is 20.2. The van der Waals surface area contributed by atoms with Crippen LogP contribution in [0.3, 0.4) is 0 Å². The van der Waals surface area contributed by atoms with E-state index >= 15 is 0 Å². The molecule has 28 heavy (non-hydrogen) atoms. The highest BCUT2D eigenvalue weighted by molar-refractivity contribution is 7.99. The largest absolute Gasteiger partial charge is 0.493 e. The Labute approximate surface area is 164 Å². The summed E-state index contributed by atoms with van der Waals surface area (Å²) in [7, 11) is 3.08. The van der Waals surface area contributed by atoms with Crippen molar-refractivity contribution >= 4 is 23.5 Å². The molecular weight excluding hydrogens is 393 g/mol. The molecule has 1 saturated heterocycles. The van der Waals surface area contributed by atoms with Crippen LogP contribution in [0.15, 0.2) is 42.5 Å². The number of rotatable bonds is 4. The van der Waals surface area contributed by atoms with Crippen molar-refractivity contribution in [1.82, 2.24) is 4.90 Å². The molecule has 1 aliphatic heterocycles. The van der Waals surface area contributed by atoms with Crippen LogP contribution in [-0.4, -0.2) is 37.4 Å². The molecule has 1 N–H and O–H groups in total. The highest BCUT2D eigenvalue weighted by Crippen LogP contribution is 2.45. The fourth-order valence-corrected chi connectivity index (χ4v) is 4.25. The van der Waals surface area contributed by atoms with Gasteiger partial charge >= 0.3 is 12.2 Å². The number of carbonyl (C=O) groups is 1. The summed E-state index contributed by atoms with van der Waals surface area (Å²) >= 11 is 1.58. The van der Waals surface area contributed by atoms with Crippen LogP contribution in [0.4, 0.5) is 23.7 Å². The minimum Gasteiger partial charge on any atom is -0.493 e. The van der Waals surface area contributed by atoms with E-state index in [1.54, 1.807) is 29.8 Å². The summed E-state index contributed by atoms with van der Waals surface area (Å²) in [6.07, 6.45) is -4.41. The number of nitrogens with one attached hydrogen (secondary N) is 1. The summed E-state index contributed by atoms with van der Waals surface area (Å²) in [5, 5.41) is 2.37. The van der Waals surface area contributed by atoms with E-state index in [4.69, 9.17) is 9.47 Å². The van der Waals surface area contributed by atoms with Gasteiger partial charge in [-0.2, -0.15) is 13.2 Å². The van der Waals surface area contributed by atoms with Crippen LogP contribution in [0.2, 0.25) is 0 Å². The number of carbonyl (C=O) groups excluding carboxylic acids is 1. The molecule has 2 amide bonds. The fraction of sp³-hybridized carbons (Fsp3) is 0.316. The molecule has 5 nitrogen and oxygen atoms in total. The molecule has 9 heteroatoms. The Morgan fingerprint density at radius 1 is 1.14 bits per heavy atom. The van der Waals surface area contributed by atoms with Gasteiger partial charge in [0.2, 0.25) is 0 Å². The lowest BCUT2D eigenvalue weighted by Gasteiger charge is -2.26. The number of ether oxygens (including phenoxy) is 2. The van der Waals surface area contributed by atoms with E-state index in [0.29, 0.717) is 23.7 Å². The second-order valence-electron chi connectivity index (χ2n) is 6.00. The maximum atomic E-state index is 12.7. The monoisotopic (exact) mass is 412 g/mol. The number of alkyl halides is 3. The van der Waals surface area contributed by atoms with E-state index in [-0.39, 0.29) is 11.4 Å². The second kappa shape index (κ2) is 8.22. The minimum atomic E-state index is -4.41. The maximum absolute atomic E-state index is 12.7. The topological polar surface area (TPSA) is 50.8 Å². The van der Waals surface area contributed by atoms with Gasteiger partial charge in [-0.1, -0.05) is 12.1 Å². The third-order valence-electron chi connectivity index (χ3n) is 4.31. The predicted molar refractivity (Wildman–Crippen MR) is 102 cm³/mol. The Morgan fingerprint density at radius 3 is 2.46 bits per heavy atom. The summed E-state index contributed by atoms with van der Waals surface area (Å²) < 4.78 is 48.8.